The van der Waals surface area contributed by atoms with Gasteiger partial charge in [-0.15, -0.1) is 6.42 Å². The molecule has 2 heteroatoms. The van der Waals surface area contributed by atoms with E-state index in [0.717, 1.165) is 6.54 Å². The van der Waals surface area contributed by atoms with Gasteiger partial charge in [0.25, 0.3) is 0 Å². The monoisotopic (exact) mass is 151 g/mol. The molecule has 11 heavy (non-hydrogen) atoms. The van der Waals surface area contributed by atoms with Crippen molar-refractivity contribution in [1.29, 1.82) is 0 Å². The first-order chi connectivity index (χ1) is 5.16. The van der Waals surface area contributed by atoms with Gasteiger partial charge in [-0.05, 0) is 20.0 Å². The Kier molecular flexibility index (Phi) is 5.14. The minimum atomic E-state index is 0.0686. The van der Waals surface area contributed by atoms with Gasteiger partial charge in [0.1, 0.15) is 0 Å². The molecule has 0 fully saturated rings. The summed E-state index contributed by atoms with van der Waals surface area (Å²) in [4.78, 5) is 12.4. The van der Waals surface area contributed by atoms with Crippen LogP contribution in [0.1, 0.15) is 6.92 Å². The van der Waals surface area contributed by atoms with E-state index in [-0.39, 0.29) is 5.78 Å². The summed E-state index contributed by atoms with van der Waals surface area (Å²) < 4.78 is 0. The SMILES string of the molecule is C#CCN(C)C/C=C/C(C)=O. The van der Waals surface area contributed by atoms with Crippen LogP contribution in [0.5, 0.6) is 0 Å². The molecule has 0 spiro atoms. The molecule has 0 amide bonds. The van der Waals surface area contributed by atoms with Crippen molar-refractivity contribution in [3.63, 3.8) is 0 Å². The lowest BCUT2D eigenvalue weighted by molar-refractivity contribution is -0.112. The van der Waals surface area contributed by atoms with Gasteiger partial charge < -0.3 is 0 Å². The van der Waals surface area contributed by atoms with E-state index in [2.05, 4.69) is 5.92 Å². The topological polar surface area (TPSA) is 20.3 Å². The zero-order valence-corrected chi connectivity index (χ0v) is 7.00. The summed E-state index contributed by atoms with van der Waals surface area (Å²) in [5.74, 6) is 2.58. The van der Waals surface area contributed by atoms with Crippen molar-refractivity contribution >= 4 is 5.78 Å². The van der Waals surface area contributed by atoms with Crippen molar-refractivity contribution < 1.29 is 4.79 Å². The van der Waals surface area contributed by atoms with E-state index < -0.39 is 0 Å². The average Bonchev–Trinajstić information content (AvgIpc) is 1.87. The molecule has 0 saturated heterocycles. The highest BCUT2D eigenvalue weighted by molar-refractivity contribution is 5.87. The molecule has 0 atom stereocenters. The summed E-state index contributed by atoms with van der Waals surface area (Å²) in [7, 11) is 1.91. The molecular formula is C9H13NO. The maximum atomic E-state index is 10.4. The van der Waals surface area contributed by atoms with Gasteiger partial charge in [0.05, 0.1) is 6.54 Å². The molecule has 0 heterocycles. The number of rotatable bonds is 4. The molecule has 0 aliphatic heterocycles. The van der Waals surface area contributed by atoms with Crippen LogP contribution >= 0.6 is 0 Å². The summed E-state index contributed by atoms with van der Waals surface area (Å²) in [6.07, 6.45) is 8.43. The third-order valence-electron chi connectivity index (χ3n) is 1.13. The van der Waals surface area contributed by atoms with Crippen molar-refractivity contribution in [2.24, 2.45) is 0 Å². The Balaban J connectivity index is 3.54. The molecule has 0 saturated carbocycles. The number of allylic oxidation sites excluding steroid dienone is 1. The van der Waals surface area contributed by atoms with E-state index in [1.807, 2.05) is 11.9 Å². The third kappa shape index (κ3) is 6.82. The molecule has 0 aromatic heterocycles. The van der Waals surface area contributed by atoms with Crippen LogP contribution in [0.3, 0.4) is 0 Å². The Labute approximate surface area is 67.9 Å². The number of carbonyl (C=O) groups is 1. The average molecular weight is 151 g/mol. The molecule has 0 aromatic carbocycles. The molecule has 0 radical (unpaired) electrons. The fourth-order valence-electron chi connectivity index (χ4n) is 0.619. The van der Waals surface area contributed by atoms with E-state index in [4.69, 9.17) is 6.42 Å². The highest BCUT2D eigenvalue weighted by Gasteiger charge is 1.89. The Morgan fingerprint density at radius 2 is 2.36 bits per heavy atom. The van der Waals surface area contributed by atoms with E-state index in [1.54, 1.807) is 12.2 Å². The second kappa shape index (κ2) is 5.70. The van der Waals surface area contributed by atoms with Crippen LogP contribution in [0, 0.1) is 12.3 Å². The van der Waals surface area contributed by atoms with Gasteiger partial charge in [0, 0.05) is 6.54 Å². The largest absolute Gasteiger partial charge is 0.295 e. The molecule has 0 rings (SSSR count). The first kappa shape index (κ1) is 9.93. The molecule has 2 nitrogen and oxygen atoms in total. The molecule has 60 valence electrons. The van der Waals surface area contributed by atoms with Crippen molar-refractivity contribution in [1.82, 2.24) is 4.90 Å². The van der Waals surface area contributed by atoms with Crippen LogP contribution in [-0.4, -0.2) is 30.8 Å². The van der Waals surface area contributed by atoms with E-state index >= 15 is 0 Å². The number of hydrogen-bond donors (Lipinski definition) is 0. The lowest BCUT2D eigenvalue weighted by atomic mass is 10.4. The summed E-state index contributed by atoms with van der Waals surface area (Å²) in [6, 6.07) is 0. The van der Waals surface area contributed by atoms with Gasteiger partial charge >= 0.3 is 0 Å². The van der Waals surface area contributed by atoms with Gasteiger partial charge in [0.2, 0.25) is 0 Å². The first-order valence-electron chi connectivity index (χ1n) is 3.46. The van der Waals surface area contributed by atoms with Crippen LogP contribution in [0.15, 0.2) is 12.2 Å². The Morgan fingerprint density at radius 1 is 1.73 bits per heavy atom. The number of hydrogen-bond acceptors (Lipinski definition) is 2. The molecular weight excluding hydrogens is 138 g/mol. The van der Waals surface area contributed by atoms with Crippen LogP contribution in [0.4, 0.5) is 0 Å². The second-order valence-corrected chi connectivity index (χ2v) is 2.41. The lowest BCUT2D eigenvalue weighted by Gasteiger charge is -2.08. The quantitative estimate of drug-likeness (QED) is 0.435. The van der Waals surface area contributed by atoms with E-state index in [1.165, 1.54) is 6.92 Å². The number of terminal acetylenes is 1. The second-order valence-electron chi connectivity index (χ2n) is 2.41. The molecule has 0 bridgehead atoms. The predicted molar refractivity (Wildman–Crippen MR) is 46.2 cm³/mol. The Bertz CT molecular complexity index is 188. The maximum Gasteiger partial charge on any atom is 0.152 e. The molecule has 0 aliphatic rings. The molecule has 0 unspecified atom stereocenters. The minimum Gasteiger partial charge on any atom is -0.295 e. The lowest BCUT2D eigenvalue weighted by Crippen LogP contribution is -2.18. The summed E-state index contributed by atoms with van der Waals surface area (Å²) in [5.41, 5.74) is 0. The minimum absolute atomic E-state index is 0.0686. The summed E-state index contributed by atoms with van der Waals surface area (Å²) >= 11 is 0. The van der Waals surface area contributed by atoms with Crippen LogP contribution in [0.2, 0.25) is 0 Å². The van der Waals surface area contributed by atoms with Gasteiger partial charge in [0.15, 0.2) is 5.78 Å². The summed E-state index contributed by atoms with van der Waals surface area (Å²) in [5, 5.41) is 0. The highest BCUT2D eigenvalue weighted by Crippen LogP contribution is 1.82. The number of likely N-dealkylation sites (N-methyl/N-ethyl adjacent to an activating group) is 1. The van der Waals surface area contributed by atoms with Gasteiger partial charge in [-0.3, -0.25) is 9.69 Å². The number of nitrogens with zero attached hydrogens (tertiary/aromatic N) is 1. The molecule has 0 aliphatic carbocycles. The maximum absolute atomic E-state index is 10.4. The standard InChI is InChI=1S/C9H13NO/c1-4-7-10(3)8-5-6-9(2)11/h1,5-6H,7-8H2,2-3H3/b6-5+. The van der Waals surface area contributed by atoms with Crippen molar-refractivity contribution in [3.8, 4) is 12.3 Å². The van der Waals surface area contributed by atoms with Crippen molar-refractivity contribution in [3.05, 3.63) is 12.2 Å². The fourth-order valence-corrected chi connectivity index (χ4v) is 0.619. The van der Waals surface area contributed by atoms with Crippen LogP contribution in [0.25, 0.3) is 0 Å². The first-order valence-corrected chi connectivity index (χ1v) is 3.46. The normalized spacial score (nSPS) is 10.4. The van der Waals surface area contributed by atoms with Gasteiger partial charge in [-0.25, -0.2) is 0 Å². The smallest absolute Gasteiger partial charge is 0.152 e. The van der Waals surface area contributed by atoms with E-state index in [0.29, 0.717) is 6.54 Å². The van der Waals surface area contributed by atoms with Crippen molar-refractivity contribution in [2.45, 2.75) is 6.92 Å². The highest BCUT2D eigenvalue weighted by atomic mass is 16.1. The zero-order chi connectivity index (χ0) is 8.69. The predicted octanol–water partition coefficient (Wildman–Crippen LogP) is 0.697. The van der Waals surface area contributed by atoms with Gasteiger partial charge in [-0.1, -0.05) is 12.0 Å². The summed E-state index contributed by atoms with van der Waals surface area (Å²) in [6.45, 7) is 2.86. The third-order valence-corrected chi connectivity index (χ3v) is 1.13. The number of carbonyl (C=O) groups excluding carboxylic acids is 1. The van der Waals surface area contributed by atoms with Crippen LogP contribution < -0.4 is 0 Å². The number of ketones is 1. The molecule has 0 N–H and O–H groups in total. The van der Waals surface area contributed by atoms with Crippen molar-refractivity contribution in [2.75, 3.05) is 20.1 Å². The zero-order valence-electron chi connectivity index (χ0n) is 7.00. The Morgan fingerprint density at radius 3 is 2.82 bits per heavy atom. The fraction of sp³-hybridized carbons (Fsp3) is 0.444. The van der Waals surface area contributed by atoms with Gasteiger partial charge in [-0.2, -0.15) is 0 Å². The van der Waals surface area contributed by atoms with E-state index in [9.17, 15) is 4.79 Å². The van der Waals surface area contributed by atoms with Crippen LogP contribution in [-0.2, 0) is 4.79 Å². The molecule has 0 aromatic rings. The Hall–Kier alpha value is -1.07.